The largest absolute Gasteiger partial charge is 0.493 e. The first-order chi connectivity index (χ1) is 9.83. The maximum Gasteiger partial charge on any atom is 0.246 e. The molecular formula is C17H21NO2. The van der Waals surface area contributed by atoms with E-state index in [-0.39, 0.29) is 5.91 Å². The molecule has 0 bridgehead atoms. The lowest BCUT2D eigenvalue weighted by atomic mass is 10.1. The Bertz CT molecular complexity index is 514. The first kappa shape index (κ1) is 13.2. The van der Waals surface area contributed by atoms with Crippen LogP contribution in [0.25, 0.3) is 6.08 Å². The minimum Gasteiger partial charge on any atom is -0.493 e. The van der Waals surface area contributed by atoms with Crippen molar-refractivity contribution in [3.63, 3.8) is 0 Å². The Morgan fingerprint density at radius 1 is 1.15 bits per heavy atom. The van der Waals surface area contributed by atoms with E-state index in [0.29, 0.717) is 0 Å². The Kier molecular flexibility index (Phi) is 4.05. The van der Waals surface area contributed by atoms with E-state index in [1.165, 1.54) is 18.4 Å². The summed E-state index contributed by atoms with van der Waals surface area (Å²) in [6.45, 7) is 2.58. The van der Waals surface area contributed by atoms with Crippen LogP contribution in [0.15, 0.2) is 24.3 Å². The second kappa shape index (κ2) is 6.12. The van der Waals surface area contributed by atoms with Gasteiger partial charge in [-0.1, -0.05) is 18.9 Å². The van der Waals surface area contributed by atoms with Gasteiger partial charge in [-0.2, -0.15) is 0 Å². The van der Waals surface area contributed by atoms with E-state index in [1.807, 2.05) is 23.1 Å². The lowest BCUT2D eigenvalue weighted by Crippen LogP contribution is -2.30. The number of carbonyl (C=O) groups excluding carboxylic acids is 1. The minimum absolute atomic E-state index is 0.142. The van der Waals surface area contributed by atoms with Crippen LogP contribution in [0.5, 0.6) is 5.75 Å². The SMILES string of the molecule is O=C(/C=C/c1ccc2c(c1)CCO2)N1CCCCCC1. The van der Waals surface area contributed by atoms with Crippen molar-refractivity contribution < 1.29 is 9.53 Å². The minimum atomic E-state index is 0.142. The van der Waals surface area contributed by atoms with Gasteiger partial charge in [0, 0.05) is 25.6 Å². The van der Waals surface area contributed by atoms with Gasteiger partial charge in [0.25, 0.3) is 0 Å². The average Bonchev–Trinajstić information content (AvgIpc) is 2.76. The highest BCUT2D eigenvalue weighted by molar-refractivity contribution is 5.91. The molecule has 106 valence electrons. The second-order valence-corrected chi connectivity index (χ2v) is 5.54. The molecule has 0 saturated carbocycles. The maximum atomic E-state index is 12.2. The van der Waals surface area contributed by atoms with Gasteiger partial charge in [-0.25, -0.2) is 0 Å². The van der Waals surface area contributed by atoms with Gasteiger partial charge < -0.3 is 9.64 Å². The van der Waals surface area contributed by atoms with Crippen LogP contribution in [0.3, 0.4) is 0 Å². The van der Waals surface area contributed by atoms with Crippen LogP contribution in [0.1, 0.15) is 36.8 Å². The number of hydrogen-bond acceptors (Lipinski definition) is 2. The highest BCUT2D eigenvalue weighted by Crippen LogP contribution is 2.26. The molecule has 0 N–H and O–H groups in total. The van der Waals surface area contributed by atoms with Gasteiger partial charge in [-0.05, 0) is 42.2 Å². The third-order valence-corrected chi connectivity index (χ3v) is 4.05. The van der Waals surface area contributed by atoms with Crippen LogP contribution in [0, 0.1) is 0 Å². The molecule has 3 rings (SSSR count). The Hall–Kier alpha value is -1.77. The Morgan fingerprint density at radius 3 is 2.75 bits per heavy atom. The zero-order chi connectivity index (χ0) is 13.8. The molecule has 0 unspecified atom stereocenters. The van der Waals surface area contributed by atoms with Crippen molar-refractivity contribution in [2.24, 2.45) is 0 Å². The third kappa shape index (κ3) is 3.03. The maximum absolute atomic E-state index is 12.2. The average molecular weight is 271 g/mol. The number of ether oxygens (including phenoxy) is 1. The molecule has 3 heteroatoms. The van der Waals surface area contributed by atoms with Crippen molar-refractivity contribution >= 4 is 12.0 Å². The molecule has 1 amide bonds. The quantitative estimate of drug-likeness (QED) is 0.774. The van der Waals surface area contributed by atoms with E-state index >= 15 is 0 Å². The molecule has 0 spiro atoms. The predicted molar refractivity (Wildman–Crippen MR) is 79.7 cm³/mol. The summed E-state index contributed by atoms with van der Waals surface area (Å²) in [5.41, 5.74) is 2.33. The van der Waals surface area contributed by atoms with Gasteiger partial charge in [-0.3, -0.25) is 4.79 Å². The van der Waals surface area contributed by atoms with Crippen molar-refractivity contribution in [1.29, 1.82) is 0 Å². The number of hydrogen-bond donors (Lipinski definition) is 0. The fraction of sp³-hybridized carbons (Fsp3) is 0.471. The van der Waals surface area contributed by atoms with Gasteiger partial charge in [0.2, 0.25) is 5.91 Å². The molecule has 0 radical (unpaired) electrons. The highest BCUT2D eigenvalue weighted by atomic mass is 16.5. The van der Waals surface area contributed by atoms with Crippen molar-refractivity contribution in [3.05, 3.63) is 35.4 Å². The molecule has 1 saturated heterocycles. The number of amides is 1. The monoisotopic (exact) mass is 271 g/mol. The smallest absolute Gasteiger partial charge is 0.246 e. The Labute approximate surface area is 120 Å². The van der Waals surface area contributed by atoms with E-state index in [1.54, 1.807) is 6.08 Å². The van der Waals surface area contributed by atoms with E-state index in [0.717, 1.165) is 50.3 Å². The van der Waals surface area contributed by atoms with Gasteiger partial charge in [0.15, 0.2) is 0 Å². The van der Waals surface area contributed by atoms with Gasteiger partial charge in [0.1, 0.15) is 5.75 Å². The molecule has 1 fully saturated rings. The molecular weight excluding hydrogens is 250 g/mol. The van der Waals surface area contributed by atoms with E-state index in [4.69, 9.17) is 4.74 Å². The summed E-state index contributed by atoms with van der Waals surface area (Å²) >= 11 is 0. The van der Waals surface area contributed by atoms with Crippen LogP contribution in [0.4, 0.5) is 0 Å². The van der Waals surface area contributed by atoms with Crippen LogP contribution in [-0.4, -0.2) is 30.5 Å². The summed E-state index contributed by atoms with van der Waals surface area (Å²) in [7, 11) is 0. The number of likely N-dealkylation sites (tertiary alicyclic amines) is 1. The molecule has 0 aromatic heterocycles. The number of carbonyl (C=O) groups is 1. The molecule has 2 aliphatic heterocycles. The highest BCUT2D eigenvalue weighted by Gasteiger charge is 2.13. The first-order valence-corrected chi connectivity index (χ1v) is 7.56. The van der Waals surface area contributed by atoms with Crippen molar-refractivity contribution in [2.75, 3.05) is 19.7 Å². The third-order valence-electron chi connectivity index (χ3n) is 4.05. The summed E-state index contributed by atoms with van der Waals surface area (Å²) in [4.78, 5) is 14.1. The summed E-state index contributed by atoms with van der Waals surface area (Å²) in [6, 6.07) is 6.13. The fourth-order valence-electron chi connectivity index (χ4n) is 2.87. The van der Waals surface area contributed by atoms with E-state index in [9.17, 15) is 4.79 Å². The van der Waals surface area contributed by atoms with Gasteiger partial charge in [0.05, 0.1) is 6.61 Å². The molecule has 2 aliphatic rings. The van der Waals surface area contributed by atoms with E-state index in [2.05, 4.69) is 6.07 Å². The number of rotatable bonds is 2. The number of benzene rings is 1. The molecule has 1 aromatic carbocycles. The zero-order valence-electron chi connectivity index (χ0n) is 11.8. The molecule has 1 aromatic rings. The number of nitrogens with zero attached hydrogens (tertiary/aromatic N) is 1. The zero-order valence-corrected chi connectivity index (χ0v) is 11.8. The van der Waals surface area contributed by atoms with Crippen LogP contribution < -0.4 is 4.74 Å². The molecule has 20 heavy (non-hydrogen) atoms. The second-order valence-electron chi connectivity index (χ2n) is 5.54. The first-order valence-electron chi connectivity index (χ1n) is 7.56. The number of fused-ring (bicyclic) bond motifs is 1. The van der Waals surface area contributed by atoms with Gasteiger partial charge >= 0.3 is 0 Å². The fourth-order valence-corrected chi connectivity index (χ4v) is 2.87. The van der Waals surface area contributed by atoms with Crippen LogP contribution >= 0.6 is 0 Å². The van der Waals surface area contributed by atoms with Crippen molar-refractivity contribution in [1.82, 2.24) is 4.90 Å². The Balaban J connectivity index is 1.65. The standard InChI is InChI=1S/C17H21NO2/c19-17(18-10-3-1-2-4-11-18)8-6-14-5-7-16-15(13-14)9-12-20-16/h5-8,13H,1-4,9-12H2/b8-6+. The lowest BCUT2D eigenvalue weighted by Gasteiger charge is -2.17. The molecule has 0 aliphatic carbocycles. The molecule has 3 nitrogen and oxygen atoms in total. The normalized spacial score (nSPS) is 18.7. The molecule has 2 heterocycles. The predicted octanol–water partition coefficient (Wildman–Crippen LogP) is 3.04. The summed E-state index contributed by atoms with van der Waals surface area (Å²) < 4.78 is 5.49. The lowest BCUT2D eigenvalue weighted by molar-refractivity contribution is -0.125. The van der Waals surface area contributed by atoms with Crippen LogP contribution in [-0.2, 0) is 11.2 Å². The molecule has 0 atom stereocenters. The summed E-state index contributed by atoms with van der Waals surface area (Å²) in [6.07, 6.45) is 9.37. The topological polar surface area (TPSA) is 29.5 Å². The Morgan fingerprint density at radius 2 is 1.95 bits per heavy atom. The van der Waals surface area contributed by atoms with Gasteiger partial charge in [-0.15, -0.1) is 0 Å². The van der Waals surface area contributed by atoms with Crippen molar-refractivity contribution in [2.45, 2.75) is 32.1 Å². The van der Waals surface area contributed by atoms with Crippen molar-refractivity contribution in [3.8, 4) is 5.75 Å². The van der Waals surface area contributed by atoms with Crippen LogP contribution in [0.2, 0.25) is 0 Å². The van der Waals surface area contributed by atoms with E-state index < -0.39 is 0 Å². The summed E-state index contributed by atoms with van der Waals surface area (Å²) in [5, 5.41) is 0. The summed E-state index contributed by atoms with van der Waals surface area (Å²) in [5.74, 6) is 1.13.